The van der Waals surface area contributed by atoms with Crippen molar-refractivity contribution in [1.29, 1.82) is 0 Å². The lowest BCUT2D eigenvalue weighted by molar-refractivity contribution is 0.887. The molecule has 2 heterocycles. The minimum Gasteiger partial charge on any atom is -0.376 e. The summed E-state index contributed by atoms with van der Waals surface area (Å²) in [6, 6.07) is 5.98. The van der Waals surface area contributed by atoms with E-state index in [2.05, 4.69) is 32.4 Å². The Morgan fingerprint density at radius 1 is 1.28 bits per heavy atom. The lowest BCUT2D eigenvalue weighted by Crippen LogP contribution is -2.05. The van der Waals surface area contributed by atoms with Crippen molar-refractivity contribution in [3.8, 4) is 0 Å². The van der Waals surface area contributed by atoms with Crippen molar-refractivity contribution in [2.75, 3.05) is 5.32 Å². The van der Waals surface area contributed by atoms with Gasteiger partial charge in [-0.2, -0.15) is 5.10 Å². The Labute approximate surface area is 102 Å². The minimum absolute atomic E-state index is 0.130. The van der Waals surface area contributed by atoms with Gasteiger partial charge in [-0.1, -0.05) is 6.07 Å². The summed E-state index contributed by atoms with van der Waals surface area (Å²) in [7, 11) is 0. The Morgan fingerprint density at radius 2 is 2.11 bits per heavy atom. The van der Waals surface area contributed by atoms with E-state index >= 15 is 0 Å². The van der Waals surface area contributed by atoms with E-state index in [0.717, 1.165) is 22.3 Å². The largest absolute Gasteiger partial charge is 0.376 e. The quantitative estimate of drug-likeness (QED) is 0.565. The van der Waals surface area contributed by atoms with Gasteiger partial charge in [0.25, 0.3) is 0 Å². The second kappa shape index (κ2) is 4.06. The number of rotatable bonds is 3. The number of aromatic amines is 3. The third kappa shape index (κ3) is 1.88. The minimum atomic E-state index is -0.183. The van der Waals surface area contributed by atoms with Crippen LogP contribution in [0, 0.1) is 0 Å². The standard InChI is InChI=1S/C12H13N5O/c1-7(15-9-5-13-14-6-9)8-2-3-10-11(4-8)17-12(18)16-10/h2-7,15H,1H3,(H,13,14)(H2,16,17,18). The van der Waals surface area contributed by atoms with Crippen LogP contribution in [0.15, 0.2) is 35.4 Å². The first-order valence-corrected chi connectivity index (χ1v) is 5.69. The molecule has 6 heteroatoms. The molecule has 0 saturated carbocycles. The number of hydrogen-bond acceptors (Lipinski definition) is 3. The van der Waals surface area contributed by atoms with Crippen LogP contribution in [0.2, 0.25) is 0 Å². The van der Waals surface area contributed by atoms with Crippen molar-refractivity contribution >= 4 is 16.7 Å². The van der Waals surface area contributed by atoms with Gasteiger partial charge in [-0.15, -0.1) is 0 Å². The number of hydrogen-bond donors (Lipinski definition) is 4. The predicted octanol–water partition coefficient (Wildman–Crippen LogP) is 1.75. The van der Waals surface area contributed by atoms with Gasteiger partial charge in [0, 0.05) is 12.2 Å². The van der Waals surface area contributed by atoms with Crippen LogP contribution in [0.25, 0.3) is 11.0 Å². The number of H-pyrrole nitrogens is 3. The van der Waals surface area contributed by atoms with E-state index in [0.29, 0.717) is 0 Å². The highest BCUT2D eigenvalue weighted by Gasteiger charge is 2.07. The fourth-order valence-electron chi connectivity index (χ4n) is 1.98. The maximum Gasteiger partial charge on any atom is 0.323 e. The highest BCUT2D eigenvalue weighted by molar-refractivity contribution is 5.75. The molecule has 3 aromatic rings. The molecular weight excluding hydrogens is 230 g/mol. The summed E-state index contributed by atoms with van der Waals surface area (Å²) in [5.41, 5.74) is 3.49. The summed E-state index contributed by atoms with van der Waals surface area (Å²) in [6.45, 7) is 2.05. The van der Waals surface area contributed by atoms with Gasteiger partial charge in [-0.25, -0.2) is 4.79 Å². The van der Waals surface area contributed by atoms with Crippen LogP contribution in [0.1, 0.15) is 18.5 Å². The van der Waals surface area contributed by atoms with E-state index in [1.165, 1.54) is 0 Å². The molecule has 0 aliphatic carbocycles. The van der Waals surface area contributed by atoms with Crippen LogP contribution in [0.3, 0.4) is 0 Å². The molecule has 0 amide bonds. The number of nitrogens with zero attached hydrogens (tertiary/aromatic N) is 1. The predicted molar refractivity (Wildman–Crippen MR) is 69.5 cm³/mol. The number of nitrogens with one attached hydrogen (secondary N) is 4. The maximum absolute atomic E-state index is 11.2. The SMILES string of the molecule is CC(Nc1cn[nH]c1)c1ccc2[nH]c(=O)[nH]c2c1. The number of aromatic nitrogens is 4. The molecule has 6 nitrogen and oxygen atoms in total. The Balaban J connectivity index is 1.91. The van der Waals surface area contributed by atoms with Gasteiger partial charge >= 0.3 is 5.69 Å². The molecule has 3 rings (SSSR count). The van der Waals surface area contributed by atoms with Gasteiger partial charge in [-0.05, 0) is 24.6 Å². The molecule has 4 N–H and O–H groups in total. The smallest absolute Gasteiger partial charge is 0.323 e. The van der Waals surface area contributed by atoms with Crippen molar-refractivity contribution < 1.29 is 0 Å². The van der Waals surface area contributed by atoms with Crippen molar-refractivity contribution in [3.05, 3.63) is 46.6 Å². The summed E-state index contributed by atoms with van der Waals surface area (Å²) < 4.78 is 0. The highest BCUT2D eigenvalue weighted by atomic mass is 16.1. The zero-order chi connectivity index (χ0) is 12.5. The number of benzene rings is 1. The monoisotopic (exact) mass is 243 g/mol. The molecule has 0 aliphatic rings. The summed E-state index contributed by atoms with van der Waals surface area (Å²) in [5, 5.41) is 9.95. The summed E-state index contributed by atoms with van der Waals surface area (Å²) >= 11 is 0. The average Bonchev–Trinajstić information content (AvgIpc) is 2.95. The first-order valence-electron chi connectivity index (χ1n) is 5.69. The Hall–Kier alpha value is -2.50. The van der Waals surface area contributed by atoms with Crippen LogP contribution in [-0.2, 0) is 0 Å². The Bertz CT molecular complexity index is 709. The van der Waals surface area contributed by atoms with E-state index in [1.807, 2.05) is 18.2 Å². The van der Waals surface area contributed by atoms with Crippen molar-refractivity contribution in [2.24, 2.45) is 0 Å². The fraction of sp³-hybridized carbons (Fsp3) is 0.167. The van der Waals surface area contributed by atoms with Crippen LogP contribution in [0.5, 0.6) is 0 Å². The van der Waals surface area contributed by atoms with Crippen molar-refractivity contribution in [2.45, 2.75) is 13.0 Å². The number of fused-ring (bicyclic) bond motifs is 1. The number of anilines is 1. The second-order valence-electron chi connectivity index (χ2n) is 4.24. The second-order valence-corrected chi connectivity index (χ2v) is 4.24. The molecule has 92 valence electrons. The molecular formula is C12H13N5O. The number of imidazole rings is 1. The summed E-state index contributed by atoms with van der Waals surface area (Å²) in [6.07, 6.45) is 3.53. The van der Waals surface area contributed by atoms with E-state index in [4.69, 9.17) is 0 Å². The van der Waals surface area contributed by atoms with Crippen LogP contribution in [-0.4, -0.2) is 20.2 Å². The molecule has 0 bridgehead atoms. The fourth-order valence-corrected chi connectivity index (χ4v) is 1.98. The van der Waals surface area contributed by atoms with Crippen molar-refractivity contribution in [3.63, 3.8) is 0 Å². The Kier molecular flexibility index (Phi) is 2.40. The normalized spacial score (nSPS) is 12.7. The lowest BCUT2D eigenvalue weighted by atomic mass is 10.1. The molecule has 18 heavy (non-hydrogen) atoms. The first kappa shape index (κ1) is 10.6. The zero-order valence-electron chi connectivity index (χ0n) is 9.82. The molecule has 1 aromatic carbocycles. The molecule has 0 saturated heterocycles. The van der Waals surface area contributed by atoms with Crippen LogP contribution in [0.4, 0.5) is 5.69 Å². The third-order valence-electron chi connectivity index (χ3n) is 2.92. The third-order valence-corrected chi connectivity index (χ3v) is 2.92. The van der Waals surface area contributed by atoms with Gasteiger partial charge in [-0.3, -0.25) is 5.10 Å². The molecule has 1 unspecified atom stereocenters. The molecule has 0 fully saturated rings. The first-order chi connectivity index (χ1) is 8.72. The molecule has 0 aliphatic heterocycles. The van der Waals surface area contributed by atoms with Gasteiger partial charge in [0.2, 0.25) is 0 Å². The molecule has 0 spiro atoms. The van der Waals surface area contributed by atoms with Gasteiger partial charge in [0.05, 0.1) is 22.9 Å². The lowest BCUT2D eigenvalue weighted by Gasteiger charge is -2.13. The molecule has 0 radical (unpaired) electrons. The Morgan fingerprint density at radius 3 is 2.89 bits per heavy atom. The zero-order valence-corrected chi connectivity index (χ0v) is 9.82. The maximum atomic E-state index is 11.2. The van der Waals surface area contributed by atoms with Gasteiger partial charge < -0.3 is 15.3 Å². The van der Waals surface area contributed by atoms with Crippen molar-refractivity contribution in [1.82, 2.24) is 20.2 Å². The van der Waals surface area contributed by atoms with E-state index in [-0.39, 0.29) is 11.7 Å². The van der Waals surface area contributed by atoms with E-state index < -0.39 is 0 Å². The summed E-state index contributed by atoms with van der Waals surface area (Å²) in [4.78, 5) is 16.7. The van der Waals surface area contributed by atoms with Crippen LogP contribution >= 0.6 is 0 Å². The average molecular weight is 243 g/mol. The van der Waals surface area contributed by atoms with Gasteiger partial charge in [0.1, 0.15) is 0 Å². The summed E-state index contributed by atoms with van der Waals surface area (Å²) in [5.74, 6) is 0. The van der Waals surface area contributed by atoms with E-state index in [1.54, 1.807) is 12.4 Å². The van der Waals surface area contributed by atoms with E-state index in [9.17, 15) is 4.79 Å². The molecule has 1 atom stereocenters. The highest BCUT2D eigenvalue weighted by Crippen LogP contribution is 2.20. The topological polar surface area (TPSA) is 89.4 Å². The van der Waals surface area contributed by atoms with Gasteiger partial charge in [0.15, 0.2) is 0 Å². The van der Waals surface area contributed by atoms with Crippen LogP contribution < -0.4 is 11.0 Å². The molecule has 2 aromatic heterocycles.